The van der Waals surface area contributed by atoms with E-state index in [1.807, 2.05) is 13.6 Å². The molecule has 2 radical (unpaired) electrons. The maximum Gasteiger partial charge on any atom is 0.253 e. The van der Waals surface area contributed by atoms with Crippen molar-refractivity contribution in [3.05, 3.63) is 24.3 Å². The van der Waals surface area contributed by atoms with Crippen molar-refractivity contribution < 1.29 is 14.2 Å². The maximum absolute atomic E-state index is 12.8. The van der Waals surface area contributed by atoms with Crippen LogP contribution in [0.5, 0.6) is 0 Å². The number of carbonyl (C=O) groups excluding carboxylic acids is 1. The van der Waals surface area contributed by atoms with Gasteiger partial charge in [0, 0.05) is 13.0 Å². The summed E-state index contributed by atoms with van der Waals surface area (Å²) in [5.41, 5.74) is 1.18. The Morgan fingerprint density at radius 2 is 2.23 bits per heavy atom. The van der Waals surface area contributed by atoms with Crippen LogP contribution in [0.2, 0.25) is 0 Å². The van der Waals surface area contributed by atoms with Gasteiger partial charge in [-0.1, -0.05) is 24.6 Å². The minimum atomic E-state index is -1.01. The van der Waals surface area contributed by atoms with Gasteiger partial charge in [0.05, 0.1) is 19.1 Å². The van der Waals surface area contributed by atoms with Crippen LogP contribution in [0, 0.1) is 11.8 Å². The third-order valence-corrected chi connectivity index (χ3v) is 4.72. The minimum absolute atomic E-state index is 0.0413. The van der Waals surface area contributed by atoms with E-state index in [0.717, 1.165) is 19.3 Å². The molecule has 0 saturated carbocycles. The molecule has 0 spiro atoms. The van der Waals surface area contributed by atoms with E-state index in [0.29, 0.717) is 0 Å². The van der Waals surface area contributed by atoms with Crippen LogP contribution in [0.1, 0.15) is 32.6 Å². The molecule has 1 aliphatic rings. The molecule has 4 atom stereocenters. The molecule has 0 fully saturated rings. The van der Waals surface area contributed by atoms with Gasteiger partial charge < -0.3 is 4.52 Å². The highest BCUT2D eigenvalue weighted by Crippen LogP contribution is 2.37. The summed E-state index contributed by atoms with van der Waals surface area (Å²) in [5, 5.41) is 1.30. The van der Waals surface area contributed by atoms with Gasteiger partial charge in [-0.15, -0.1) is 6.58 Å². The van der Waals surface area contributed by atoms with Gasteiger partial charge in [-0.05, 0) is 40.4 Å². The SMILES string of the molecule is [B]P(C)O[C@H](C=C)[C@@H](C)[C@@H](C(=O)N(C)OC)C1=CCCCC1. The van der Waals surface area contributed by atoms with Crippen molar-refractivity contribution in [3.63, 3.8) is 0 Å². The number of hydrogen-bond acceptors (Lipinski definition) is 3. The Hall–Kier alpha value is -0.635. The molecule has 1 aliphatic carbocycles. The molecule has 4 nitrogen and oxygen atoms in total. The Bertz CT molecular complexity index is 414. The Labute approximate surface area is 137 Å². The molecule has 0 aromatic rings. The fraction of sp³-hybridized carbons (Fsp3) is 0.688. The molecule has 0 bridgehead atoms. The average molecular weight is 323 g/mol. The van der Waals surface area contributed by atoms with Crippen LogP contribution in [0.3, 0.4) is 0 Å². The van der Waals surface area contributed by atoms with E-state index in [1.54, 1.807) is 13.1 Å². The van der Waals surface area contributed by atoms with Gasteiger partial charge in [0.2, 0.25) is 0 Å². The molecule has 1 rings (SSSR count). The molecule has 0 aromatic carbocycles. The van der Waals surface area contributed by atoms with Crippen LogP contribution in [0.4, 0.5) is 0 Å². The number of rotatable bonds is 8. The predicted octanol–water partition coefficient (Wildman–Crippen LogP) is 3.44. The summed E-state index contributed by atoms with van der Waals surface area (Å²) < 4.78 is 5.78. The normalized spacial score (nSPS) is 20.5. The summed E-state index contributed by atoms with van der Waals surface area (Å²) in [6.07, 6.45) is 7.98. The molecule has 1 amide bonds. The largest absolute Gasteiger partial charge is 0.363 e. The topological polar surface area (TPSA) is 38.8 Å². The zero-order valence-corrected chi connectivity index (χ0v) is 15.0. The molecular formula is C16H27BNO3P. The lowest BCUT2D eigenvalue weighted by molar-refractivity contribution is -0.174. The lowest BCUT2D eigenvalue weighted by atomic mass is 9.78. The molecule has 0 saturated heterocycles. The second-order valence-electron chi connectivity index (χ2n) is 5.73. The lowest BCUT2D eigenvalue weighted by Crippen LogP contribution is -2.40. The number of hydrogen-bond donors (Lipinski definition) is 0. The fourth-order valence-corrected chi connectivity index (χ4v) is 3.55. The van der Waals surface area contributed by atoms with Gasteiger partial charge in [0.1, 0.15) is 7.57 Å². The smallest absolute Gasteiger partial charge is 0.253 e. The van der Waals surface area contributed by atoms with Crippen LogP contribution in [0.15, 0.2) is 24.3 Å². The highest BCUT2D eigenvalue weighted by Gasteiger charge is 2.35. The first kappa shape index (κ1) is 19.4. The number of hydroxylamine groups is 2. The van der Waals surface area contributed by atoms with E-state index in [1.165, 1.54) is 24.2 Å². The number of carbonyl (C=O) groups is 1. The van der Waals surface area contributed by atoms with E-state index in [-0.39, 0.29) is 23.8 Å². The van der Waals surface area contributed by atoms with Crippen molar-refractivity contribution in [2.45, 2.75) is 38.7 Å². The van der Waals surface area contributed by atoms with E-state index < -0.39 is 8.03 Å². The third kappa shape index (κ3) is 5.22. The van der Waals surface area contributed by atoms with Crippen molar-refractivity contribution in [1.82, 2.24) is 5.06 Å². The number of nitrogens with zero attached hydrogens (tertiary/aromatic N) is 1. The van der Waals surface area contributed by atoms with Crippen LogP contribution in [0.25, 0.3) is 0 Å². The van der Waals surface area contributed by atoms with Gasteiger partial charge in [0.15, 0.2) is 0 Å². The van der Waals surface area contributed by atoms with Gasteiger partial charge in [-0.3, -0.25) is 9.63 Å². The summed E-state index contributed by atoms with van der Waals surface area (Å²) in [7, 11) is 7.95. The van der Waals surface area contributed by atoms with Crippen LogP contribution >= 0.6 is 8.03 Å². The second-order valence-corrected chi connectivity index (χ2v) is 7.03. The molecule has 0 aliphatic heterocycles. The Morgan fingerprint density at radius 1 is 1.55 bits per heavy atom. The quantitative estimate of drug-likeness (QED) is 0.297. The molecule has 122 valence electrons. The Kier molecular flexibility index (Phi) is 8.38. The summed E-state index contributed by atoms with van der Waals surface area (Å²) in [6.45, 7) is 7.71. The highest BCUT2D eigenvalue weighted by molar-refractivity contribution is 7.77. The van der Waals surface area contributed by atoms with Crippen molar-refractivity contribution >= 4 is 21.5 Å². The first-order chi connectivity index (χ1) is 10.4. The maximum atomic E-state index is 12.8. The van der Waals surface area contributed by atoms with Crippen molar-refractivity contribution in [3.8, 4) is 0 Å². The molecule has 6 heteroatoms. The van der Waals surface area contributed by atoms with Crippen LogP contribution in [-0.2, 0) is 14.2 Å². The van der Waals surface area contributed by atoms with E-state index in [2.05, 4.69) is 12.7 Å². The van der Waals surface area contributed by atoms with E-state index in [9.17, 15) is 4.79 Å². The van der Waals surface area contributed by atoms with Gasteiger partial charge in [0.25, 0.3) is 5.91 Å². The lowest BCUT2D eigenvalue weighted by Gasteiger charge is -2.34. The predicted molar refractivity (Wildman–Crippen MR) is 92.7 cm³/mol. The molecule has 1 unspecified atom stereocenters. The summed E-state index contributed by atoms with van der Waals surface area (Å²) in [4.78, 5) is 17.9. The van der Waals surface area contributed by atoms with Crippen LogP contribution in [-0.4, -0.2) is 45.5 Å². The standard InChI is InChI=1S/C16H27BNO3P/c1-6-14(21-22(5)17)12(2)15(16(19)18(3)20-4)13-10-8-7-9-11-13/h6,10,12,14-15H,1,7-9,11H2,2-5H3/t12-,14-,15-,22?/m1/s1. The first-order valence-electron chi connectivity index (χ1n) is 7.70. The molecule has 0 N–H and O–H groups in total. The Morgan fingerprint density at radius 3 is 2.68 bits per heavy atom. The first-order valence-corrected chi connectivity index (χ1v) is 9.48. The summed E-state index contributed by atoms with van der Waals surface area (Å²) >= 11 is 0. The third-order valence-electron chi connectivity index (χ3n) is 4.14. The Balaban J connectivity index is 3.04. The zero-order chi connectivity index (χ0) is 16.7. The van der Waals surface area contributed by atoms with Crippen molar-refractivity contribution in [2.24, 2.45) is 11.8 Å². The average Bonchev–Trinajstić information content (AvgIpc) is 2.52. The molecule has 0 heterocycles. The van der Waals surface area contributed by atoms with Gasteiger partial charge >= 0.3 is 0 Å². The second kappa shape index (κ2) is 9.49. The van der Waals surface area contributed by atoms with E-state index >= 15 is 0 Å². The van der Waals surface area contributed by atoms with Crippen LogP contribution < -0.4 is 0 Å². The van der Waals surface area contributed by atoms with Gasteiger partial charge in [-0.25, -0.2) is 5.06 Å². The summed E-state index contributed by atoms with van der Waals surface area (Å²) in [6, 6.07) is 0. The number of allylic oxidation sites excluding steroid dienone is 1. The molecule has 22 heavy (non-hydrogen) atoms. The zero-order valence-electron chi connectivity index (χ0n) is 14.1. The monoisotopic (exact) mass is 323 g/mol. The van der Waals surface area contributed by atoms with Gasteiger partial charge in [-0.2, -0.15) is 0 Å². The molecule has 0 aromatic heterocycles. The minimum Gasteiger partial charge on any atom is -0.363 e. The highest BCUT2D eigenvalue weighted by atomic mass is 31.1. The van der Waals surface area contributed by atoms with E-state index in [4.69, 9.17) is 16.9 Å². The summed E-state index contributed by atoms with van der Waals surface area (Å²) in [5.74, 6) is -0.347. The number of amides is 1. The van der Waals surface area contributed by atoms with Crippen molar-refractivity contribution in [2.75, 3.05) is 20.8 Å². The molecular weight excluding hydrogens is 296 g/mol. The van der Waals surface area contributed by atoms with Crippen molar-refractivity contribution in [1.29, 1.82) is 0 Å². The fourth-order valence-electron chi connectivity index (χ4n) is 2.89.